The maximum Gasteiger partial charge on any atom is 0.242 e. The van der Waals surface area contributed by atoms with Gasteiger partial charge in [-0.2, -0.15) is 0 Å². The zero-order valence-corrected chi connectivity index (χ0v) is 10.6. The normalized spacial score (nSPS) is 12.1. The van der Waals surface area contributed by atoms with E-state index in [0.29, 0.717) is 10.8 Å². The molecule has 3 nitrogen and oxygen atoms in total. The molecule has 84 valence electrons. The minimum absolute atomic E-state index is 0.316. The maximum absolute atomic E-state index is 11.9. The molecule has 0 aliphatic rings. The molecule has 0 bridgehead atoms. The van der Waals surface area contributed by atoms with Crippen molar-refractivity contribution in [2.24, 2.45) is 0 Å². The Balaban J connectivity index is 3.37. The van der Waals surface area contributed by atoms with Crippen molar-refractivity contribution in [3.05, 3.63) is 29.3 Å². The van der Waals surface area contributed by atoms with Gasteiger partial charge >= 0.3 is 0 Å². The highest BCUT2D eigenvalue weighted by atomic mass is 35.5. The molecule has 0 saturated carbocycles. The molecule has 0 aromatic heterocycles. The van der Waals surface area contributed by atoms with E-state index in [4.69, 9.17) is 11.6 Å². The number of benzene rings is 1. The lowest BCUT2D eigenvalue weighted by Gasteiger charge is -2.14. The molecule has 0 N–H and O–H groups in total. The first-order valence-corrected chi connectivity index (χ1v) is 6.45. The van der Waals surface area contributed by atoms with E-state index in [2.05, 4.69) is 0 Å². The van der Waals surface area contributed by atoms with Gasteiger partial charge in [-0.05, 0) is 24.1 Å². The molecular formula is C10H14ClNO2S. The van der Waals surface area contributed by atoms with Crippen molar-refractivity contribution in [1.29, 1.82) is 0 Å². The van der Waals surface area contributed by atoms with Crippen molar-refractivity contribution >= 4 is 21.6 Å². The highest BCUT2D eigenvalue weighted by Gasteiger charge is 2.19. The second kappa shape index (κ2) is 4.51. The average molecular weight is 248 g/mol. The summed E-state index contributed by atoms with van der Waals surface area (Å²) < 4.78 is 25.0. The smallest absolute Gasteiger partial charge is 0.207 e. The molecule has 0 heterocycles. The van der Waals surface area contributed by atoms with Gasteiger partial charge in [0, 0.05) is 20.0 Å². The van der Waals surface area contributed by atoms with Gasteiger partial charge < -0.3 is 0 Å². The van der Waals surface area contributed by atoms with E-state index in [1.54, 1.807) is 19.1 Å². The summed E-state index contributed by atoms with van der Waals surface area (Å²) in [5.41, 5.74) is 1.54. The van der Waals surface area contributed by atoms with Crippen LogP contribution in [0.1, 0.15) is 11.1 Å². The Labute approximate surface area is 95.7 Å². The van der Waals surface area contributed by atoms with Crippen molar-refractivity contribution in [3.8, 4) is 0 Å². The Hall–Kier alpha value is -0.580. The summed E-state index contributed by atoms with van der Waals surface area (Å²) in [6.45, 7) is 1.77. The molecule has 15 heavy (non-hydrogen) atoms. The molecule has 0 unspecified atom stereocenters. The predicted molar refractivity (Wildman–Crippen MR) is 61.6 cm³/mol. The van der Waals surface area contributed by atoms with Crippen LogP contribution in [-0.2, 0) is 15.9 Å². The van der Waals surface area contributed by atoms with E-state index in [1.165, 1.54) is 18.4 Å². The van der Waals surface area contributed by atoms with Gasteiger partial charge in [0.1, 0.15) is 0 Å². The molecule has 1 aromatic carbocycles. The van der Waals surface area contributed by atoms with E-state index in [1.807, 2.05) is 6.07 Å². The zero-order chi connectivity index (χ0) is 11.6. The predicted octanol–water partition coefficient (Wildman–Crippen LogP) is 1.98. The van der Waals surface area contributed by atoms with Crippen LogP contribution in [0, 0.1) is 6.92 Å². The highest BCUT2D eigenvalue weighted by molar-refractivity contribution is 7.89. The number of halogens is 1. The second-order valence-corrected chi connectivity index (χ2v) is 5.91. The molecule has 0 radical (unpaired) electrons. The van der Waals surface area contributed by atoms with E-state index in [9.17, 15) is 8.42 Å². The second-order valence-electron chi connectivity index (χ2n) is 3.52. The van der Waals surface area contributed by atoms with Crippen LogP contribution in [0.25, 0.3) is 0 Å². The van der Waals surface area contributed by atoms with E-state index >= 15 is 0 Å². The zero-order valence-electron chi connectivity index (χ0n) is 8.99. The van der Waals surface area contributed by atoms with Crippen molar-refractivity contribution in [2.45, 2.75) is 17.7 Å². The van der Waals surface area contributed by atoms with E-state index in [-0.39, 0.29) is 0 Å². The van der Waals surface area contributed by atoms with Gasteiger partial charge in [0.2, 0.25) is 10.0 Å². The lowest BCUT2D eigenvalue weighted by atomic mass is 10.2. The molecule has 0 atom stereocenters. The summed E-state index contributed by atoms with van der Waals surface area (Å²) in [7, 11) is -0.333. The topological polar surface area (TPSA) is 37.4 Å². The summed E-state index contributed by atoms with van der Waals surface area (Å²) in [6, 6.07) is 5.22. The van der Waals surface area contributed by atoms with Crippen molar-refractivity contribution in [2.75, 3.05) is 14.1 Å². The highest BCUT2D eigenvalue weighted by Crippen LogP contribution is 2.20. The van der Waals surface area contributed by atoms with Gasteiger partial charge in [-0.1, -0.05) is 12.1 Å². The fourth-order valence-electron chi connectivity index (χ4n) is 1.20. The van der Waals surface area contributed by atoms with Crippen LogP contribution in [0.15, 0.2) is 23.1 Å². The summed E-state index contributed by atoms with van der Waals surface area (Å²) in [4.78, 5) is 0.325. The first kappa shape index (κ1) is 12.5. The summed E-state index contributed by atoms with van der Waals surface area (Å²) >= 11 is 5.67. The monoisotopic (exact) mass is 247 g/mol. The molecule has 0 fully saturated rings. The Morgan fingerprint density at radius 3 is 2.40 bits per heavy atom. The number of hydrogen-bond donors (Lipinski definition) is 0. The van der Waals surface area contributed by atoms with Gasteiger partial charge in [-0.3, -0.25) is 0 Å². The van der Waals surface area contributed by atoms with Gasteiger partial charge in [0.15, 0.2) is 0 Å². The summed E-state index contributed by atoms with van der Waals surface area (Å²) in [6.07, 6.45) is 0. The molecule has 0 amide bonds. The van der Waals surface area contributed by atoms with Crippen LogP contribution in [0.5, 0.6) is 0 Å². The van der Waals surface area contributed by atoms with Crippen molar-refractivity contribution < 1.29 is 8.42 Å². The van der Waals surface area contributed by atoms with Crippen LogP contribution >= 0.6 is 11.6 Å². The Morgan fingerprint density at radius 2 is 1.93 bits per heavy atom. The van der Waals surface area contributed by atoms with E-state index in [0.717, 1.165) is 11.1 Å². The van der Waals surface area contributed by atoms with Crippen molar-refractivity contribution in [1.82, 2.24) is 4.31 Å². The average Bonchev–Trinajstić information content (AvgIpc) is 2.18. The number of sulfonamides is 1. The van der Waals surface area contributed by atoms with Crippen LogP contribution < -0.4 is 0 Å². The summed E-state index contributed by atoms with van der Waals surface area (Å²) in [5, 5.41) is 0. The molecule has 0 spiro atoms. The minimum atomic E-state index is -3.37. The molecule has 0 aliphatic heterocycles. The minimum Gasteiger partial charge on any atom is -0.207 e. The first-order valence-electron chi connectivity index (χ1n) is 4.47. The quantitative estimate of drug-likeness (QED) is 0.766. The number of alkyl halides is 1. The van der Waals surface area contributed by atoms with Crippen LogP contribution in [-0.4, -0.2) is 26.8 Å². The maximum atomic E-state index is 11.9. The number of rotatable bonds is 3. The fraction of sp³-hybridized carbons (Fsp3) is 0.400. The van der Waals surface area contributed by atoms with Gasteiger partial charge in [-0.25, -0.2) is 12.7 Å². The number of nitrogens with zero attached hydrogens (tertiary/aromatic N) is 1. The molecule has 1 aromatic rings. The molecule has 0 aliphatic carbocycles. The van der Waals surface area contributed by atoms with Crippen molar-refractivity contribution in [3.63, 3.8) is 0 Å². The van der Waals surface area contributed by atoms with Gasteiger partial charge in [0.05, 0.1) is 4.90 Å². The third-order valence-electron chi connectivity index (χ3n) is 2.17. The third kappa shape index (κ3) is 2.51. The fourth-order valence-corrected chi connectivity index (χ4v) is 2.54. The third-order valence-corrected chi connectivity index (χ3v) is 4.43. The Morgan fingerprint density at radius 1 is 1.33 bits per heavy atom. The van der Waals surface area contributed by atoms with Crippen LogP contribution in [0.3, 0.4) is 0 Å². The van der Waals surface area contributed by atoms with Crippen LogP contribution in [0.2, 0.25) is 0 Å². The Kier molecular flexibility index (Phi) is 3.76. The SMILES string of the molecule is Cc1ccc(CCl)cc1S(=O)(=O)N(C)C. The standard InChI is InChI=1S/C10H14ClNO2S/c1-8-4-5-9(7-11)6-10(8)15(13,14)12(2)3/h4-6H,7H2,1-3H3. The number of aryl methyl sites for hydroxylation is 1. The Bertz CT molecular complexity index is 454. The lowest BCUT2D eigenvalue weighted by Crippen LogP contribution is -2.23. The first-order chi connectivity index (χ1) is 6.89. The lowest BCUT2D eigenvalue weighted by molar-refractivity contribution is 0.520. The largest absolute Gasteiger partial charge is 0.242 e. The summed E-state index contributed by atoms with van der Waals surface area (Å²) in [5.74, 6) is 0.316. The molecular weight excluding hydrogens is 234 g/mol. The molecule has 0 saturated heterocycles. The van der Waals surface area contributed by atoms with Gasteiger partial charge in [0.25, 0.3) is 0 Å². The number of hydrogen-bond acceptors (Lipinski definition) is 2. The van der Waals surface area contributed by atoms with Gasteiger partial charge in [-0.15, -0.1) is 11.6 Å². The van der Waals surface area contributed by atoms with E-state index < -0.39 is 10.0 Å². The van der Waals surface area contributed by atoms with Crippen LogP contribution in [0.4, 0.5) is 0 Å². The molecule has 5 heteroatoms. The molecule has 1 rings (SSSR count).